The van der Waals surface area contributed by atoms with Crippen molar-refractivity contribution in [2.24, 2.45) is 0 Å². The van der Waals surface area contributed by atoms with E-state index < -0.39 is 16.8 Å². The highest BCUT2D eigenvalue weighted by atomic mass is 32.2. The molecular weight excluding hydrogens is 339 g/mol. The third-order valence-electron chi connectivity index (χ3n) is 4.52. The monoisotopic (exact) mass is 354 g/mol. The van der Waals surface area contributed by atoms with Crippen LogP contribution in [-0.4, -0.2) is 48.4 Å². The van der Waals surface area contributed by atoms with E-state index >= 15 is 0 Å². The quantitative estimate of drug-likeness (QED) is 0.649. The van der Waals surface area contributed by atoms with Gasteiger partial charge in [0.25, 0.3) is 0 Å². The number of carbonyl (C=O) groups excluding carboxylic acids is 1. The molecule has 1 aromatic rings. The number of carboxylic acids is 1. The number of β-lactam (4-membered cyclic amide) rings is 1. The number of fused-ring (bicyclic) bond motifs is 2. The van der Waals surface area contributed by atoms with E-state index in [9.17, 15) is 19.1 Å². The lowest BCUT2D eigenvalue weighted by molar-refractivity contribution is -0.162. The Morgan fingerprint density at radius 2 is 2.17 bits per heavy atom. The van der Waals surface area contributed by atoms with Gasteiger partial charge in [0.05, 0.1) is 0 Å². The molecule has 23 heavy (non-hydrogen) atoms. The Labute approximate surface area is 141 Å². The van der Waals surface area contributed by atoms with E-state index in [4.69, 9.17) is 0 Å². The average Bonchev–Trinajstić information content (AvgIpc) is 2.95. The SMILES string of the molecule is CC1(C)S[C@@H]2C(N3Cc4cc(F)ccc4S3)C(=O)N2[C@H]1C(=O)O. The van der Waals surface area contributed by atoms with Gasteiger partial charge in [0, 0.05) is 16.2 Å². The van der Waals surface area contributed by atoms with E-state index in [2.05, 4.69) is 0 Å². The van der Waals surface area contributed by atoms with Crippen LogP contribution in [0.3, 0.4) is 0 Å². The predicted molar refractivity (Wildman–Crippen MR) is 85.3 cm³/mol. The molecule has 0 saturated carbocycles. The second-order valence-electron chi connectivity index (χ2n) is 6.46. The van der Waals surface area contributed by atoms with Crippen molar-refractivity contribution >= 4 is 35.6 Å². The molecule has 3 heterocycles. The number of benzene rings is 1. The number of rotatable bonds is 2. The second-order valence-corrected chi connectivity index (χ2v) is 9.32. The molecule has 5 nitrogen and oxygen atoms in total. The lowest BCUT2D eigenvalue weighted by Gasteiger charge is -2.46. The van der Waals surface area contributed by atoms with Gasteiger partial charge in [0.2, 0.25) is 5.91 Å². The Hall–Kier alpha value is -1.25. The van der Waals surface area contributed by atoms with E-state index in [1.807, 2.05) is 18.2 Å². The summed E-state index contributed by atoms with van der Waals surface area (Å²) in [6.07, 6.45) is 0. The van der Waals surface area contributed by atoms with Gasteiger partial charge in [-0.1, -0.05) is 0 Å². The number of nitrogens with zero attached hydrogens (tertiary/aromatic N) is 2. The number of thioether (sulfide) groups is 1. The number of carboxylic acid groups (broad SMARTS) is 1. The third kappa shape index (κ3) is 2.11. The molecule has 0 aromatic heterocycles. The number of hydrogen-bond donors (Lipinski definition) is 1. The smallest absolute Gasteiger partial charge is 0.327 e. The summed E-state index contributed by atoms with van der Waals surface area (Å²) in [6.45, 7) is 4.22. The molecule has 4 rings (SSSR count). The maximum atomic E-state index is 13.3. The summed E-state index contributed by atoms with van der Waals surface area (Å²) in [7, 11) is 0. The van der Waals surface area contributed by atoms with Crippen molar-refractivity contribution in [3.05, 3.63) is 29.6 Å². The Morgan fingerprint density at radius 3 is 2.87 bits per heavy atom. The van der Waals surface area contributed by atoms with Crippen molar-refractivity contribution in [1.29, 1.82) is 0 Å². The lowest BCUT2D eigenvalue weighted by Crippen LogP contribution is -2.69. The zero-order chi connectivity index (χ0) is 16.5. The minimum absolute atomic E-state index is 0.152. The van der Waals surface area contributed by atoms with Gasteiger partial charge in [-0.3, -0.25) is 4.79 Å². The van der Waals surface area contributed by atoms with Crippen LogP contribution in [0.4, 0.5) is 4.39 Å². The van der Waals surface area contributed by atoms with Crippen LogP contribution in [0.2, 0.25) is 0 Å². The number of amides is 1. The Bertz CT molecular complexity index is 727. The molecule has 2 fully saturated rings. The van der Waals surface area contributed by atoms with Crippen LogP contribution in [0.15, 0.2) is 23.1 Å². The van der Waals surface area contributed by atoms with E-state index in [0.717, 1.165) is 10.5 Å². The fourth-order valence-electron chi connectivity index (χ4n) is 3.50. The van der Waals surface area contributed by atoms with Gasteiger partial charge in [-0.2, -0.15) is 0 Å². The minimum atomic E-state index is -0.962. The van der Waals surface area contributed by atoms with Crippen LogP contribution in [0.5, 0.6) is 0 Å². The fourth-order valence-corrected chi connectivity index (χ4v) is 6.42. The van der Waals surface area contributed by atoms with Crippen molar-refractivity contribution in [3.63, 3.8) is 0 Å². The third-order valence-corrected chi connectivity index (χ3v) is 7.26. The maximum absolute atomic E-state index is 13.3. The minimum Gasteiger partial charge on any atom is -0.480 e. The van der Waals surface area contributed by atoms with Crippen molar-refractivity contribution in [3.8, 4) is 0 Å². The zero-order valence-corrected chi connectivity index (χ0v) is 14.2. The molecule has 3 aliphatic heterocycles. The summed E-state index contributed by atoms with van der Waals surface area (Å²) in [5.74, 6) is -1.40. The van der Waals surface area contributed by atoms with Crippen LogP contribution in [0, 0.1) is 5.82 Å². The van der Waals surface area contributed by atoms with Crippen molar-refractivity contribution in [2.75, 3.05) is 0 Å². The van der Waals surface area contributed by atoms with Crippen LogP contribution >= 0.6 is 23.7 Å². The molecule has 3 aliphatic rings. The molecule has 1 aromatic carbocycles. The molecule has 0 bridgehead atoms. The number of aliphatic carboxylic acids is 1. The molecule has 1 N–H and O–H groups in total. The molecule has 3 atom stereocenters. The van der Waals surface area contributed by atoms with E-state index in [1.54, 1.807) is 6.07 Å². The second kappa shape index (κ2) is 4.87. The number of halogens is 1. The number of hydrogen-bond acceptors (Lipinski definition) is 5. The highest BCUT2D eigenvalue weighted by Crippen LogP contribution is 2.54. The molecule has 1 amide bonds. The number of carbonyl (C=O) groups is 2. The van der Waals surface area contributed by atoms with Crippen LogP contribution in [0.1, 0.15) is 19.4 Å². The van der Waals surface area contributed by atoms with Crippen LogP contribution < -0.4 is 0 Å². The van der Waals surface area contributed by atoms with Gasteiger partial charge in [0.1, 0.15) is 23.3 Å². The van der Waals surface area contributed by atoms with Crippen molar-refractivity contribution in [1.82, 2.24) is 9.21 Å². The first-order valence-corrected chi connectivity index (χ1v) is 8.91. The fraction of sp³-hybridized carbons (Fsp3) is 0.467. The largest absolute Gasteiger partial charge is 0.480 e. The highest BCUT2D eigenvalue weighted by molar-refractivity contribution is 8.02. The average molecular weight is 354 g/mol. The standard InChI is InChI=1S/C15H15FN2O3S2/c1-15(2)11(14(20)21)18-12(19)10(13(18)22-15)17-6-7-5-8(16)3-4-9(7)23-17/h3-5,10-11,13H,6H2,1-2H3,(H,20,21)/t10?,11-,13+/m0/s1. The zero-order valence-electron chi connectivity index (χ0n) is 12.5. The van der Waals surface area contributed by atoms with Gasteiger partial charge in [-0.15, -0.1) is 11.8 Å². The Balaban J connectivity index is 1.58. The van der Waals surface area contributed by atoms with Gasteiger partial charge in [-0.25, -0.2) is 13.5 Å². The van der Waals surface area contributed by atoms with Crippen LogP contribution in [-0.2, 0) is 16.1 Å². The molecule has 122 valence electrons. The summed E-state index contributed by atoms with van der Waals surface area (Å²) in [6, 6.07) is 3.48. The van der Waals surface area contributed by atoms with Crippen LogP contribution in [0.25, 0.3) is 0 Å². The summed E-state index contributed by atoms with van der Waals surface area (Å²) >= 11 is 2.98. The molecule has 0 radical (unpaired) electrons. The molecule has 8 heteroatoms. The summed E-state index contributed by atoms with van der Waals surface area (Å²) in [4.78, 5) is 26.5. The molecular formula is C15H15FN2O3S2. The maximum Gasteiger partial charge on any atom is 0.327 e. The first kappa shape index (κ1) is 15.3. The first-order valence-electron chi connectivity index (χ1n) is 7.25. The van der Waals surface area contributed by atoms with E-state index in [0.29, 0.717) is 6.54 Å². The topological polar surface area (TPSA) is 60.9 Å². The molecule has 0 aliphatic carbocycles. The summed E-state index contributed by atoms with van der Waals surface area (Å²) in [5, 5.41) is 9.28. The van der Waals surface area contributed by atoms with Gasteiger partial charge in [-0.05, 0) is 49.6 Å². The van der Waals surface area contributed by atoms with Crippen molar-refractivity contribution < 1.29 is 19.1 Å². The highest BCUT2D eigenvalue weighted by Gasteiger charge is 2.65. The normalized spacial score (nSPS) is 31.7. The summed E-state index contributed by atoms with van der Waals surface area (Å²) in [5.41, 5.74) is 0.873. The molecule has 0 spiro atoms. The van der Waals surface area contributed by atoms with Gasteiger partial charge < -0.3 is 10.0 Å². The Morgan fingerprint density at radius 1 is 1.43 bits per heavy atom. The molecule has 2 saturated heterocycles. The first-order chi connectivity index (χ1) is 10.8. The van der Waals surface area contributed by atoms with Gasteiger partial charge in [0.15, 0.2) is 0 Å². The van der Waals surface area contributed by atoms with E-state index in [-0.39, 0.29) is 23.1 Å². The Kier molecular flexibility index (Phi) is 3.24. The van der Waals surface area contributed by atoms with E-state index in [1.165, 1.54) is 40.7 Å². The van der Waals surface area contributed by atoms with Crippen molar-refractivity contribution in [2.45, 2.75) is 47.5 Å². The lowest BCUT2D eigenvalue weighted by atomic mass is 9.96. The molecule has 1 unspecified atom stereocenters. The summed E-state index contributed by atoms with van der Waals surface area (Å²) < 4.78 is 14.8. The predicted octanol–water partition coefficient (Wildman–Crippen LogP) is 2.16. The van der Waals surface area contributed by atoms with Gasteiger partial charge >= 0.3 is 5.97 Å².